The number of hydrogen-bond acceptors (Lipinski definition) is 3. The second kappa shape index (κ2) is 4.90. The van der Waals surface area contributed by atoms with E-state index in [2.05, 4.69) is 47.3 Å². The van der Waals surface area contributed by atoms with E-state index in [0.29, 0.717) is 0 Å². The van der Waals surface area contributed by atoms with E-state index in [4.69, 9.17) is 0 Å². The summed E-state index contributed by atoms with van der Waals surface area (Å²) in [6, 6.07) is 1.94. The van der Waals surface area contributed by atoms with Crippen LogP contribution in [0.3, 0.4) is 0 Å². The maximum absolute atomic E-state index is 4.48. The van der Waals surface area contributed by atoms with Gasteiger partial charge in [0.1, 0.15) is 0 Å². The summed E-state index contributed by atoms with van der Waals surface area (Å²) >= 11 is 0. The van der Waals surface area contributed by atoms with E-state index in [1.54, 1.807) is 0 Å². The Morgan fingerprint density at radius 3 is 2.89 bits per heavy atom. The maximum atomic E-state index is 4.48. The fraction of sp³-hybridized carbons (Fsp3) is 0.429. The van der Waals surface area contributed by atoms with Crippen LogP contribution in [0.4, 0.5) is 0 Å². The molecule has 0 fully saturated rings. The monoisotopic (exact) mass is 244 g/mol. The quantitative estimate of drug-likeness (QED) is 0.873. The zero-order valence-electron chi connectivity index (χ0n) is 11.4. The zero-order chi connectivity index (χ0) is 13.2. The number of nitrogens with one attached hydrogen (secondary N) is 2. The smallest absolute Gasteiger partial charge is 0.0781 e. The molecule has 0 aromatic carbocycles. The Labute approximate surface area is 108 Å². The van der Waals surface area contributed by atoms with E-state index in [0.717, 1.165) is 23.1 Å². The Hall–Kier alpha value is -1.68. The van der Waals surface area contributed by atoms with Crippen LogP contribution in [-0.4, -0.2) is 27.3 Å². The summed E-state index contributed by atoms with van der Waals surface area (Å²) in [4.78, 5) is 4.48. The van der Waals surface area contributed by atoms with E-state index >= 15 is 0 Å². The van der Waals surface area contributed by atoms with Crippen molar-refractivity contribution in [2.24, 2.45) is 0 Å². The minimum absolute atomic E-state index is 0.0958. The Bertz CT molecular complexity index is 560. The summed E-state index contributed by atoms with van der Waals surface area (Å²) in [6.07, 6.45) is 5.75. The average Bonchev–Trinajstić information content (AvgIpc) is 2.77. The summed E-state index contributed by atoms with van der Waals surface area (Å²) in [5.74, 6) is 0. The van der Waals surface area contributed by atoms with E-state index in [1.165, 1.54) is 5.57 Å². The molecule has 96 valence electrons. The Morgan fingerprint density at radius 2 is 2.22 bits per heavy atom. The van der Waals surface area contributed by atoms with Crippen molar-refractivity contribution in [3.8, 4) is 0 Å². The van der Waals surface area contributed by atoms with Crippen molar-refractivity contribution in [3.05, 3.63) is 30.2 Å². The number of fused-ring (bicyclic) bond motifs is 1. The first-order valence-electron chi connectivity index (χ1n) is 6.20. The van der Waals surface area contributed by atoms with Gasteiger partial charge in [-0.25, -0.2) is 0 Å². The van der Waals surface area contributed by atoms with Crippen LogP contribution in [0.1, 0.15) is 33.4 Å². The van der Waals surface area contributed by atoms with Gasteiger partial charge in [0.25, 0.3) is 0 Å². The normalized spacial score (nSPS) is 13.2. The van der Waals surface area contributed by atoms with Crippen molar-refractivity contribution in [2.75, 3.05) is 6.54 Å². The first-order valence-corrected chi connectivity index (χ1v) is 6.20. The predicted octanol–water partition coefficient (Wildman–Crippen LogP) is 2.75. The number of nitrogens with zero attached hydrogens (tertiary/aromatic N) is 2. The highest BCUT2D eigenvalue weighted by atomic mass is 15.1. The topological polar surface area (TPSA) is 53.6 Å². The van der Waals surface area contributed by atoms with Crippen molar-refractivity contribution in [3.63, 3.8) is 0 Å². The van der Waals surface area contributed by atoms with Crippen molar-refractivity contribution in [1.82, 2.24) is 20.5 Å². The number of rotatable bonds is 3. The molecular formula is C14H20N4. The third kappa shape index (κ3) is 2.76. The number of allylic oxidation sites excluding steroid dienone is 1. The van der Waals surface area contributed by atoms with Crippen LogP contribution in [-0.2, 0) is 0 Å². The molecule has 18 heavy (non-hydrogen) atoms. The number of pyridine rings is 1. The van der Waals surface area contributed by atoms with Gasteiger partial charge in [0.05, 0.1) is 17.4 Å². The fourth-order valence-electron chi connectivity index (χ4n) is 1.81. The zero-order valence-corrected chi connectivity index (χ0v) is 11.4. The lowest BCUT2D eigenvalue weighted by Crippen LogP contribution is -2.36. The summed E-state index contributed by atoms with van der Waals surface area (Å²) in [5, 5.41) is 11.6. The molecule has 0 aliphatic carbocycles. The largest absolute Gasteiger partial charge is 0.308 e. The molecular weight excluding hydrogens is 224 g/mol. The van der Waals surface area contributed by atoms with Crippen LogP contribution in [0.15, 0.2) is 24.5 Å². The van der Waals surface area contributed by atoms with Gasteiger partial charge in [0, 0.05) is 23.7 Å². The predicted molar refractivity (Wildman–Crippen MR) is 75.3 cm³/mol. The molecule has 2 aromatic rings. The molecule has 0 saturated heterocycles. The van der Waals surface area contributed by atoms with Crippen molar-refractivity contribution >= 4 is 16.5 Å². The molecule has 2 heterocycles. The van der Waals surface area contributed by atoms with E-state index in [9.17, 15) is 0 Å². The fourth-order valence-corrected chi connectivity index (χ4v) is 1.81. The van der Waals surface area contributed by atoms with Crippen molar-refractivity contribution < 1.29 is 0 Å². The lowest BCUT2D eigenvalue weighted by atomic mass is 10.1. The molecule has 4 nitrogen and oxygen atoms in total. The van der Waals surface area contributed by atoms with Gasteiger partial charge in [0.2, 0.25) is 0 Å². The third-order valence-corrected chi connectivity index (χ3v) is 2.83. The number of aromatic nitrogens is 3. The molecule has 0 saturated carbocycles. The summed E-state index contributed by atoms with van der Waals surface area (Å²) in [7, 11) is 0. The minimum Gasteiger partial charge on any atom is -0.308 e. The Kier molecular flexibility index (Phi) is 3.48. The summed E-state index contributed by atoms with van der Waals surface area (Å²) in [6.45, 7) is 9.32. The summed E-state index contributed by atoms with van der Waals surface area (Å²) in [5.41, 5.74) is 3.31. The standard InChI is InChI=1S/C14H20N4/c1-5-10(8-16-14(2,3)4)13-11-9-17-18-12(11)6-7-15-13/h5-7,9,16H,8H2,1-4H3,(H,17,18)/b10-5-. The van der Waals surface area contributed by atoms with Gasteiger partial charge < -0.3 is 5.32 Å². The van der Waals surface area contributed by atoms with Crippen LogP contribution in [0.25, 0.3) is 16.5 Å². The highest BCUT2D eigenvalue weighted by Crippen LogP contribution is 2.21. The van der Waals surface area contributed by atoms with Crippen LogP contribution in [0.2, 0.25) is 0 Å². The number of H-pyrrole nitrogens is 1. The lowest BCUT2D eigenvalue weighted by Gasteiger charge is -2.21. The molecule has 0 aliphatic heterocycles. The maximum Gasteiger partial charge on any atom is 0.0781 e. The molecule has 0 unspecified atom stereocenters. The molecule has 2 rings (SSSR count). The van der Waals surface area contributed by atoms with Gasteiger partial charge in [-0.3, -0.25) is 10.1 Å². The van der Waals surface area contributed by atoms with Crippen LogP contribution in [0.5, 0.6) is 0 Å². The molecule has 0 spiro atoms. The lowest BCUT2D eigenvalue weighted by molar-refractivity contribution is 0.452. The second-order valence-electron chi connectivity index (χ2n) is 5.41. The Balaban J connectivity index is 2.31. The first kappa shape index (κ1) is 12.8. The van der Waals surface area contributed by atoms with E-state index in [1.807, 2.05) is 25.4 Å². The van der Waals surface area contributed by atoms with Gasteiger partial charge in [-0.05, 0) is 39.3 Å². The minimum atomic E-state index is 0.0958. The van der Waals surface area contributed by atoms with Crippen LogP contribution in [0, 0.1) is 0 Å². The number of aromatic amines is 1. The second-order valence-corrected chi connectivity index (χ2v) is 5.41. The average molecular weight is 244 g/mol. The molecule has 0 amide bonds. The van der Waals surface area contributed by atoms with E-state index < -0.39 is 0 Å². The SMILES string of the molecule is C/C=C(/CNC(C)(C)C)c1nccc2[nH]ncc12. The molecule has 0 aliphatic rings. The molecule has 0 atom stereocenters. The molecule has 2 aromatic heterocycles. The van der Waals surface area contributed by atoms with Gasteiger partial charge in [-0.2, -0.15) is 5.10 Å². The van der Waals surface area contributed by atoms with Gasteiger partial charge in [-0.15, -0.1) is 0 Å². The third-order valence-electron chi connectivity index (χ3n) is 2.83. The van der Waals surface area contributed by atoms with Gasteiger partial charge in [-0.1, -0.05) is 6.08 Å². The molecule has 0 radical (unpaired) electrons. The number of hydrogen-bond donors (Lipinski definition) is 2. The van der Waals surface area contributed by atoms with E-state index in [-0.39, 0.29) is 5.54 Å². The van der Waals surface area contributed by atoms with Crippen molar-refractivity contribution in [1.29, 1.82) is 0 Å². The molecule has 2 N–H and O–H groups in total. The molecule has 0 bridgehead atoms. The Morgan fingerprint density at radius 1 is 1.44 bits per heavy atom. The van der Waals surface area contributed by atoms with Gasteiger partial charge in [0.15, 0.2) is 0 Å². The first-order chi connectivity index (χ1) is 8.51. The highest BCUT2D eigenvalue weighted by Gasteiger charge is 2.13. The van der Waals surface area contributed by atoms with Crippen LogP contribution >= 0.6 is 0 Å². The van der Waals surface area contributed by atoms with Crippen molar-refractivity contribution in [2.45, 2.75) is 33.2 Å². The summed E-state index contributed by atoms with van der Waals surface area (Å²) < 4.78 is 0. The molecule has 4 heteroatoms. The highest BCUT2D eigenvalue weighted by molar-refractivity contribution is 5.89. The van der Waals surface area contributed by atoms with Gasteiger partial charge >= 0.3 is 0 Å². The van der Waals surface area contributed by atoms with Crippen LogP contribution < -0.4 is 5.32 Å².